The van der Waals surface area contributed by atoms with Gasteiger partial charge in [0.2, 0.25) is 11.8 Å². The van der Waals surface area contributed by atoms with Crippen LogP contribution in [0, 0.1) is 11.8 Å². The summed E-state index contributed by atoms with van der Waals surface area (Å²) in [7, 11) is 1.66. The first-order chi connectivity index (χ1) is 15.3. The summed E-state index contributed by atoms with van der Waals surface area (Å²) in [5, 5.41) is 0. The summed E-state index contributed by atoms with van der Waals surface area (Å²) in [4.78, 5) is 29.0. The third kappa shape index (κ3) is 3.54. The van der Waals surface area contributed by atoms with Crippen LogP contribution in [0.25, 0.3) is 0 Å². The number of likely N-dealkylation sites (tertiary alicyclic amines) is 2. The first-order valence-electron chi connectivity index (χ1n) is 11.9. The van der Waals surface area contributed by atoms with Crippen molar-refractivity contribution >= 4 is 11.8 Å². The molecule has 3 fully saturated rings. The monoisotopic (exact) mass is 442 g/mol. The molecule has 1 aromatic rings. The Balaban J connectivity index is 1.34. The Kier molecular flexibility index (Phi) is 5.35. The Morgan fingerprint density at radius 2 is 2.00 bits per heavy atom. The molecule has 0 saturated carbocycles. The molecule has 0 N–H and O–H groups in total. The number of fused-ring (bicyclic) bond motifs is 4. The highest BCUT2D eigenvalue weighted by Gasteiger charge is 2.52. The fraction of sp³-hybridized carbons (Fsp3) is 0.680. The number of hydrogen-bond acceptors (Lipinski definition) is 5. The fourth-order valence-corrected chi connectivity index (χ4v) is 6.22. The molecule has 5 atom stereocenters. The molecule has 3 saturated heterocycles. The molecule has 2 amide bonds. The molecule has 0 radical (unpaired) electrons. The van der Waals surface area contributed by atoms with E-state index in [0.717, 1.165) is 42.7 Å². The second-order valence-electron chi connectivity index (χ2n) is 10.3. The first kappa shape index (κ1) is 21.6. The molecule has 4 aliphatic heterocycles. The van der Waals surface area contributed by atoms with E-state index in [2.05, 4.69) is 19.9 Å². The van der Waals surface area contributed by atoms with Crippen molar-refractivity contribution in [3.05, 3.63) is 23.8 Å². The molecule has 0 bridgehead atoms. The number of piperidine rings is 1. The van der Waals surface area contributed by atoms with E-state index >= 15 is 0 Å². The van der Waals surface area contributed by atoms with Gasteiger partial charge in [0.15, 0.2) is 0 Å². The smallest absolute Gasteiger partial charge is 0.245 e. The van der Waals surface area contributed by atoms with E-state index in [-0.39, 0.29) is 47.5 Å². The van der Waals surface area contributed by atoms with Crippen LogP contribution in [-0.4, -0.2) is 66.1 Å². The first-order valence-corrected chi connectivity index (χ1v) is 11.9. The molecule has 7 heteroatoms. The van der Waals surface area contributed by atoms with Crippen molar-refractivity contribution in [2.45, 2.75) is 70.3 Å². The Morgan fingerprint density at radius 3 is 2.75 bits per heavy atom. The minimum atomic E-state index is -0.377. The van der Waals surface area contributed by atoms with Crippen LogP contribution < -0.4 is 9.47 Å². The van der Waals surface area contributed by atoms with E-state index in [0.29, 0.717) is 19.6 Å². The maximum absolute atomic E-state index is 13.3. The number of methoxy groups -OCH3 is 1. The van der Waals surface area contributed by atoms with E-state index in [9.17, 15) is 9.59 Å². The van der Waals surface area contributed by atoms with E-state index in [1.807, 2.05) is 17.0 Å². The molecule has 1 aromatic carbocycles. The van der Waals surface area contributed by atoms with Crippen molar-refractivity contribution < 1.29 is 23.8 Å². The Morgan fingerprint density at radius 1 is 1.19 bits per heavy atom. The van der Waals surface area contributed by atoms with Gasteiger partial charge in [-0.2, -0.15) is 0 Å². The van der Waals surface area contributed by atoms with Crippen LogP contribution in [0.1, 0.15) is 58.1 Å². The third-order valence-corrected chi connectivity index (χ3v) is 7.95. The summed E-state index contributed by atoms with van der Waals surface area (Å²) in [6.45, 7) is 7.90. The van der Waals surface area contributed by atoms with Gasteiger partial charge in [-0.25, -0.2) is 0 Å². The highest BCUT2D eigenvalue weighted by molar-refractivity contribution is 5.87. The van der Waals surface area contributed by atoms with Gasteiger partial charge in [0.1, 0.15) is 23.1 Å². The maximum atomic E-state index is 13.3. The summed E-state index contributed by atoms with van der Waals surface area (Å²) in [5.74, 6) is 2.21. The second-order valence-corrected chi connectivity index (χ2v) is 10.3. The lowest BCUT2D eigenvalue weighted by molar-refractivity contribution is -0.189. The van der Waals surface area contributed by atoms with Gasteiger partial charge in [0.25, 0.3) is 0 Å². The fourth-order valence-electron chi connectivity index (χ4n) is 6.22. The Bertz CT molecular complexity index is 916. The number of carbonyl (C=O) groups is 2. The van der Waals surface area contributed by atoms with Crippen molar-refractivity contribution in [2.24, 2.45) is 11.8 Å². The zero-order valence-electron chi connectivity index (χ0n) is 19.5. The average molecular weight is 443 g/mol. The molecular weight excluding hydrogens is 408 g/mol. The SMILES string of the molecule is COc1ccc2c(c1)OC(C)(C)[C@H]1C[C@@H]3CN(C(=O)[C@@H]4CCCN4C(C)=O)CC[C@@H]3O[C@H]21. The van der Waals surface area contributed by atoms with Crippen molar-refractivity contribution in [3.8, 4) is 11.5 Å². The van der Waals surface area contributed by atoms with E-state index < -0.39 is 0 Å². The zero-order chi connectivity index (χ0) is 22.6. The molecule has 4 aliphatic rings. The number of carbonyl (C=O) groups excluding carboxylic acids is 2. The maximum Gasteiger partial charge on any atom is 0.245 e. The topological polar surface area (TPSA) is 68.3 Å². The third-order valence-electron chi connectivity index (χ3n) is 7.95. The lowest BCUT2D eigenvalue weighted by Crippen LogP contribution is -2.57. The van der Waals surface area contributed by atoms with E-state index in [1.54, 1.807) is 18.9 Å². The predicted octanol–water partition coefficient (Wildman–Crippen LogP) is 3.17. The minimum absolute atomic E-state index is 0.00372. The Labute approximate surface area is 190 Å². The van der Waals surface area contributed by atoms with Gasteiger partial charge in [-0.3, -0.25) is 9.59 Å². The molecular formula is C25H34N2O5. The summed E-state index contributed by atoms with van der Waals surface area (Å²) in [5.41, 5.74) is 0.716. The lowest BCUT2D eigenvalue weighted by atomic mass is 9.70. The van der Waals surface area contributed by atoms with Crippen molar-refractivity contribution in [1.29, 1.82) is 0 Å². The second kappa shape index (κ2) is 7.94. The van der Waals surface area contributed by atoms with E-state index in [1.165, 1.54) is 0 Å². The van der Waals surface area contributed by atoms with Gasteiger partial charge in [-0.1, -0.05) is 0 Å². The van der Waals surface area contributed by atoms with Gasteiger partial charge in [0, 0.05) is 50.0 Å². The van der Waals surface area contributed by atoms with Crippen LogP contribution in [0.15, 0.2) is 18.2 Å². The predicted molar refractivity (Wildman–Crippen MR) is 119 cm³/mol. The lowest BCUT2D eigenvalue weighted by Gasteiger charge is -2.53. The number of hydrogen-bond donors (Lipinski definition) is 0. The highest BCUT2D eigenvalue weighted by atomic mass is 16.5. The summed E-state index contributed by atoms with van der Waals surface area (Å²) < 4.78 is 18.5. The van der Waals surface area contributed by atoms with Crippen molar-refractivity contribution in [3.63, 3.8) is 0 Å². The quantitative estimate of drug-likeness (QED) is 0.704. The van der Waals surface area contributed by atoms with Crippen molar-refractivity contribution in [2.75, 3.05) is 26.7 Å². The largest absolute Gasteiger partial charge is 0.497 e. The number of amides is 2. The van der Waals surface area contributed by atoms with Gasteiger partial charge in [-0.15, -0.1) is 0 Å². The van der Waals surface area contributed by atoms with Crippen LogP contribution in [-0.2, 0) is 14.3 Å². The zero-order valence-corrected chi connectivity index (χ0v) is 19.5. The van der Waals surface area contributed by atoms with Gasteiger partial charge in [0.05, 0.1) is 19.3 Å². The normalized spacial score (nSPS) is 32.9. The molecule has 0 aliphatic carbocycles. The minimum Gasteiger partial charge on any atom is -0.497 e. The highest BCUT2D eigenvalue weighted by Crippen LogP contribution is 2.53. The standard InChI is InChI=1S/C25H34N2O5/c1-15(28)27-10-5-6-20(27)24(29)26-11-9-21-16(14-26)12-19-23(31-21)18-8-7-17(30-4)13-22(18)32-25(19,2)3/h7-8,13,16,19-21,23H,5-6,9-12,14H2,1-4H3/t16-,19+,20+,21+,23-/m1/s1. The molecule has 0 unspecified atom stereocenters. The Hall–Kier alpha value is -2.28. The van der Waals surface area contributed by atoms with Crippen LogP contribution >= 0.6 is 0 Å². The van der Waals surface area contributed by atoms with Crippen LogP contribution in [0.3, 0.4) is 0 Å². The number of ether oxygens (including phenoxy) is 3. The van der Waals surface area contributed by atoms with Crippen LogP contribution in [0.2, 0.25) is 0 Å². The molecule has 32 heavy (non-hydrogen) atoms. The van der Waals surface area contributed by atoms with Gasteiger partial charge >= 0.3 is 0 Å². The number of rotatable bonds is 2. The van der Waals surface area contributed by atoms with Crippen LogP contribution in [0.4, 0.5) is 0 Å². The number of benzene rings is 1. The summed E-state index contributed by atoms with van der Waals surface area (Å²) in [6, 6.07) is 5.69. The molecule has 0 spiro atoms. The van der Waals surface area contributed by atoms with E-state index in [4.69, 9.17) is 14.2 Å². The molecule has 7 nitrogen and oxygen atoms in total. The molecule has 4 heterocycles. The summed E-state index contributed by atoms with van der Waals surface area (Å²) in [6.07, 6.45) is 3.59. The van der Waals surface area contributed by atoms with Gasteiger partial charge < -0.3 is 24.0 Å². The van der Waals surface area contributed by atoms with Crippen molar-refractivity contribution in [1.82, 2.24) is 9.80 Å². The van der Waals surface area contributed by atoms with Gasteiger partial charge in [-0.05, 0) is 51.7 Å². The number of nitrogens with zero attached hydrogens (tertiary/aromatic N) is 2. The molecule has 0 aromatic heterocycles. The molecule has 174 valence electrons. The average Bonchev–Trinajstić information content (AvgIpc) is 3.27. The summed E-state index contributed by atoms with van der Waals surface area (Å²) >= 11 is 0. The van der Waals surface area contributed by atoms with Crippen LogP contribution in [0.5, 0.6) is 11.5 Å². The molecule has 5 rings (SSSR count).